The predicted molar refractivity (Wildman–Crippen MR) is 93.6 cm³/mol. The van der Waals surface area contributed by atoms with Crippen LogP contribution in [0.2, 0.25) is 0 Å². The van der Waals surface area contributed by atoms with E-state index in [1.807, 2.05) is 19.1 Å². The number of hydrogen-bond acceptors (Lipinski definition) is 4. The summed E-state index contributed by atoms with van der Waals surface area (Å²) in [6, 6.07) is 13.6. The molecule has 0 saturated carbocycles. The second kappa shape index (κ2) is 6.31. The summed E-state index contributed by atoms with van der Waals surface area (Å²) < 4.78 is 51.8. The van der Waals surface area contributed by atoms with Gasteiger partial charge < -0.3 is 0 Å². The van der Waals surface area contributed by atoms with Gasteiger partial charge in [-0.05, 0) is 29.2 Å². The van der Waals surface area contributed by atoms with Crippen molar-refractivity contribution in [3.8, 4) is 0 Å². The first-order valence-electron chi connectivity index (χ1n) is 7.58. The zero-order valence-electron chi connectivity index (χ0n) is 13.3. The van der Waals surface area contributed by atoms with E-state index in [1.165, 1.54) is 0 Å². The van der Waals surface area contributed by atoms with E-state index < -0.39 is 25.9 Å². The molecule has 128 valence electrons. The van der Waals surface area contributed by atoms with Crippen LogP contribution in [0, 0.1) is 6.92 Å². The molecular weight excluding hydrogens is 346 g/mol. The van der Waals surface area contributed by atoms with Gasteiger partial charge in [-0.15, -0.1) is 0 Å². The van der Waals surface area contributed by atoms with Crippen LogP contribution in [-0.4, -0.2) is 22.6 Å². The molecule has 0 amide bonds. The summed E-state index contributed by atoms with van der Waals surface area (Å²) in [6.07, 6.45) is 0. The maximum atomic E-state index is 12.5. The number of nitrogens with one attached hydrogen (secondary N) is 1. The van der Waals surface area contributed by atoms with Gasteiger partial charge in [-0.2, -0.15) is 0 Å². The van der Waals surface area contributed by atoms with Crippen LogP contribution < -0.4 is 4.72 Å². The second-order valence-electron chi connectivity index (χ2n) is 6.11. The molecule has 0 bridgehead atoms. The van der Waals surface area contributed by atoms with Crippen molar-refractivity contribution in [3.05, 3.63) is 70.8 Å². The molecule has 0 fully saturated rings. The molecule has 0 aromatic heterocycles. The van der Waals surface area contributed by atoms with Gasteiger partial charge in [-0.1, -0.05) is 48.5 Å². The number of aryl methyl sites for hydroxylation is 1. The lowest BCUT2D eigenvalue weighted by Crippen LogP contribution is -2.37. The fourth-order valence-corrected chi connectivity index (χ4v) is 6.17. The molecule has 1 unspecified atom stereocenters. The first-order chi connectivity index (χ1) is 11.3. The highest BCUT2D eigenvalue weighted by atomic mass is 32.2. The highest BCUT2D eigenvalue weighted by molar-refractivity contribution is 7.91. The van der Waals surface area contributed by atoms with E-state index in [4.69, 9.17) is 0 Å². The summed E-state index contributed by atoms with van der Waals surface area (Å²) in [6.45, 7) is 1.85. The topological polar surface area (TPSA) is 80.3 Å². The molecule has 1 heterocycles. The standard InChI is InChI=1S/C17H19NO4S2/c1-13-6-2-3-7-14(13)11-24(21,22)18-17-12-23(19,20)10-15-8-4-5-9-16(15)17/h2-9,17-18H,10-12H2,1H3. The first kappa shape index (κ1) is 17.1. The third-order valence-corrected chi connectivity index (χ3v) is 7.08. The molecule has 1 aliphatic rings. The van der Waals surface area contributed by atoms with Gasteiger partial charge in [0.05, 0.1) is 23.3 Å². The molecule has 0 spiro atoms. The highest BCUT2D eigenvalue weighted by Crippen LogP contribution is 2.29. The van der Waals surface area contributed by atoms with Gasteiger partial charge in [0.1, 0.15) is 0 Å². The normalized spacial score (nSPS) is 19.6. The number of hydrogen-bond donors (Lipinski definition) is 1. The molecule has 5 nitrogen and oxygen atoms in total. The van der Waals surface area contributed by atoms with Gasteiger partial charge in [0.2, 0.25) is 10.0 Å². The molecule has 0 saturated heterocycles. The Balaban J connectivity index is 1.88. The Morgan fingerprint density at radius 2 is 1.75 bits per heavy atom. The van der Waals surface area contributed by atoms with E-state index in [2.05, 4.69) is 4.72 Å². The maximum Gasteiger partial charge on any atom is 0.216 e. The molecule has 7 heteroatoms. The van der Waals surface area contributed by atoms with Crippen LogP contribution in [-0.2, 0) is 31.4 Å². The predicted octanol–water partition coefficient (Wildman–Crippen LogP) is 2.08. The Morgan fingerprint density at radius 1 is 1.08 bits per heavy atom. The second-order valence-corrected chi connectivity index (χ2v) is 9.97. The van der Waals surface area contributed by atoms with Crippen molar-refractivity contribution < 1.29 is 16.8 Å². The smallest absolute Gasteiger partial charge is 0.216 e. The Labute approximate surface area is 142 Å². The summed E-state index contributed by atoms with van der Waals surface area (Å²) in [5, 5.41) is 0. The molecule has 1 aliphatic heterocycles. The Morgan fingerprint density at radius 3 is 2.50 bits per heavy atom. The van der Waals surface area contributed by atoms with Crippen LogP contribution in [0.15, 0.2) is 48.5 Å². The molecule has 0 radical (unpaired) electrons. The molecule has 2 aromatic carbocycles. The largest absolute Gasteiger partial charge is 0.228 e. The molecule has 0 aliphatic carbocycles. The summed E-state index contributed by atoms with van der Waals surface area (Å²) in [5.74, 6) is -0.422. The highest BCUT2D eigenvalue weighted by Gasteiger charge is 2.32. The van der Waals surface area contributed by atoms with Crippen molar-refractivity contribution >= 4 is 19.9 Å². The van der Waals surface area contributed by atoms with Crippen LogP contribution in [0.1, 0.15) is 28.3 Å². The van der Waals surface area contributed by atoms with Crippen LogP contribution in [0.3, 0.4) is 0 Å². The third-order valence-electron chi connectivity index (χ3n) is 4.16. The summed E-state index contributed by atoms with van der Waals surface area (Å²) in [7, 11) is -6.99. The number of sulfonamides is 1. The van der Waals surface area contributed by atoms with E-state index >= 15 is 0 Å². The SMILES string of the molecule is Cc1ccccc1CS(=O)(=O)NC1CS(=O)(=O)Cc2ccccc21. The fourth-order valence-electron chi connectivity index (χ4n) is 2.98. The van der Waals surface area contributed by atoms with E-state index in [9.17, 15) is 16.8 Å². The number of sulfone groups is 1. The van der Waals surface area contributed by atoms with Gasteiger partial charge in [0, 0.05) is 0 Å². The summed E-state index contributed by atoms with van der Waals surface area (Å²) in [5.41, 5.74) is 2.99. The summed E-state index contributed by atoms with van der Waals surface area (Å²) in [4.78, 5) is 0. The van der Waals surface area contributed by atoms with E-state index in [0.29, 0.717) is 11.1 Å². The average Bonchev–Trinajstić information content (AvgIpc) is 2.48. The molecule has 24 heavy (non-hydrogen) atoms. The van der Waals surface area contributed by atoms with Crippen molar-refractivity contribution in [3.63, 3.8) is 0 Å². The van der Waals surface area contributed by atoms with Gasteiger partial charge in [-0.25, -0.2) is 21.6 Å². The lowest BCUT2D eigenvalue weighted by Gasteiger charge is -2.26. The van der Waals surface area contributed by atoms with Crippen LogP contribution >= 0.6 is 0 Å². The molecule has 3 rings (SSSR count). The van der Waals surface area contributed by atoms with Crippen molar-refractivity contribution in [1.82, 2.24) is 4.72 Å². The number of fused-ring (bicyclic) bond motifs is 1. The van der Waals surface area contributed by atoms with Crippen LogP contribution in [0.25, 0.3) is 0 Å². The average molecular weight is 365 g/mol. The van der Waals surface area contributed by atoms with E-state index in [1.54, 1.807) is 36.4 Å². The van der Waals surface area contributed by atoms with Crippen molar-refractivity contribution in [1.29, 1.82) is 0 Å². The van der Waals surface area contributed by atoms with Gasteiger partial charge in [0.25, 0.3) is 0 Å². The van der Waals surface area contributed by atoms with Gasteiger partial charge >= 0.3 is 0 Å². The first-order valence-corrected chi connectivity index (χ1v) is 11.1. The van der Waals surface area contributed by atoms with Crippen molar-refractivity contribution in [2.45, 2.75) is 24.5 Å². The fraction of sp³-hybridized carbons (Fsp3) is 0.294. The quantitative estimate of drug-likeness (QED) is 0.900. The van der Waals surface area contributed by atoms with Crippen molar-refractivity contribution in [2.75, 3.05) is 5.75 Å². The molecule has 2 aromatic rings. The Kier molecular flexibility index (Phi) is 4.50. The van der Waals surface area contributed by atoms with Crippen LogP contribution in [0.4, 0.5) is 0 Å². The van der Waals surface area contributed by atoms with E-state index in [-0.39, 0.29) is 17.3 Å². The maximum absolute atomic E-state index is 12.5. The van der Waals surface area contributed by atoms with Crippen LogP contribution in [0.5, 0.6) is 0 Å². The lowest BCUT2D eigenvalue weighted by molar-refractivity contribution is 0.553. The lowest BCUT2D eigenvalue weighted by atomic mass is 10.0. The molecule has 1 atom stereocenters. The zero-order valence-corrected chi connectivity index (χ0v) is 14.9. The Hall–Kier alpha value is -1.70. The number of benzene rings is 2. The van der Waals surface area contributed by atoms with E-state index in [0.717, 1.165) is 11.1 Å². The van der Waals surface area contributed by atoms with Gasteiger partial charge in [0.15, 0.2) is 9.84 Å². The zero-order chi connectivity index (χ0) is 17.4. The minimum Gasteiger partial charge on any atom is -0.228 e. The third kappa shape index (κ3) is 3.85. The Bertz CT molecular complexity index is 966. The monoisotopic (exact) mass is 365 g/mol. The van der Waals surface area contributed by atoms with Gasteiger partial charge in [-0.3, -0.25) is 0 Å². The molecular formula is C17H19NO4S2. The summed E-state index contributed by atoms with van der Waals surface area (Å²) >= 11 is 0. The minimum atomic E-state index is -3.66. The minimum absolute atomic E-state index is 0.0425. The number of rotatable bonds is 4. The molecule has 1 N–H and O–H groups in total. The van der Waals surface area contributed by atoms with Crippen molar-refractivity contribution in [2.24, 2.45) is 0 Å².